The number of allylic oxidation sites excluding steroid dienone is 1. The van der Waals surface area contributed by atoms with Crippen LogP contribution in [0.15, 0.2) is 22.8 Å². The van der Waals surface area contributed by atoms with Crippen molar-refractivity contribution in [3.63, 3.8) is 0 Å². The maximum atomic E-state index is 12.9. The van der Waals surface area contributed by atoms with Crippen LogP contribution in [-0.4, -0.2) is 22.0 Å². The highest BCUT2D eigenvalue weighted by Crippen LogP contribution is 2.33. The van der Waals surface area contributed by atoms with Crippen molar-refractivity contribution >= 4 is 27.5 Å². The molecule has 0 atom stereocenters. The number of carbonyl (C=O) groups is 1. The second-order valence-corrected chi connectivity index (χ2v) is 8.36. The molecular weight excluding hydrogens is 346 g/mol. The zero-order valence-electron chi connectivity index (χ0n) is 15.1. The number of aromatic nitrogens is 2. The number of aryl methyl sites for hydroxylation is 2. The predicted octanol–water partition coefficient (Wildman–Crippen LogP) is 3.34. The largest absolute Gasteiger partial charge is 0.354 e. The van der Waals surface area contributed by atoms with Gasteiger partial charge in [0.1, 0.15) is 11.4 Å². The van der Waals surface area contributed by atoms with Crippen LogP contribution in [0.4, 0.5) is 0 Å². The van der Waals surface area contributed by atoms with Crippen molar-refractivity contribution in [3.8, 4) is 0 Å². The zero-order chi connectivity index (χ0) is 17.9. The zero-order valence-corrected chi connectivity index (χ0v) is 15.9. The van der Waals surface area contributed by atoms with Gasteiger partial charge in [-0.3, -0.25) is 14.2 Å². The van der Waals surface area contributed by atoms with Gasteiger partial charge in [0.25, 0.3) is 5.56 Å². The quantitative estimate of drug-likeness (QED) is 0.820. The lowest BCUT2D eigenvalue weighted by molar-refractivity contribution is -0.121. The molecule has 1 amide bonds. The van der Waals surface area contributed by atoms with Gasteiger partial charge in [-0.1, -0.05) is 11.6 Å². The van der Waals surface area contributed by atoms with E-state index < -0.39 is 0 Å². The van der Waals surface area contributed by atoms with E-state index in [0.29, 0.717) is 6.54 Å². The fraction of sp³-hybridized carbons (Fsp3) is 0.550. The summed E-state index contributed by atoms with van der Waals surface area (Å²) in [5.74, 6) is -0.117. The van der Waals surface area contributed by atoms with Gasteiger partial charge in [-0.05, 0) is 63.4 Å². The van der Waals surface area contributed by atoms with Crippen molar-refractivity contribution in [2.24, 2.45) is 0 Å². The Labute approximate surface area is 157 Å². The smallest absolute Gasteiger partial charge is 0.262 e. The van der Waals surface area contributed by atoms with Gasteiger partial charge in [0.15, 0.2) is 0 Å². The molecule has 0 aliphatic heterocycles. The number of hydrogen-bond donors (Lipinski definition) is 1. The summed E-state index contributed by atoms with van der Waals surface area (Å²) in [4.78, 5) is 31.7. The maximum Gasteiger partial charge on any atom is 0.262 e. The van der Waals surface area contributed by atoms with Gasteiger partial charge in [0, 0.05) is 11.4 Å². The first-order chi connectivity index (χ1) is 12.7. The Hall–Kier alpha value is -1.95. The average Bonchev–Trinajstić information content (AvgIpc) is 3.04. The molecular formula is C20H25N3O2S. The SMILES string of the molecule is O=C(Cn1cnc2sc3c(c2c1=O)CCCC3)NCCC1=CCCCC1. The summed E-state index contributed by atoms with van der Waals surface area (Å²) in [6.45, 7) is 0.689. The van der Waals surface area contributed by atoms with Crippen molar-refractivity contribution in [1.82, 2.24) is 14.9 Å². The van der Waals surface area contributed by atoms with Gasteiger partial charge < -0.3 is 5.32 Å². The highest BCUT2D eigenvalue weighted by Gasteiger charge is 2.20. The number of amides is 1. The van der Waals surface area contributed by atoms with Crippen LogP contribution in [0.1, 0.15) is 55.4 Å². The molecule has 1 N–H and O–H groups in total. The number of fused-ring (bicyclic) bond motifs is 3. The van der Waals surface area contributed by atoms with E-state index in [2.05, 4.69) is 16.4 Å². The number of nitrogens with one attached hydrogen (secondary N) is 1. The summed E-state index contributed by atoms with van der Waals surface area (Å²) < 4.78 is 1.46. The van der Waals surface area contributed by atoms with Crippen LogP contribution in [0.25, 0.3) is 10.2 Å². The third-order valence-electron chi connectivity index (χ3n) is 5.41. The van der Waals surface area contributed by atoms with Gasteiger partial charge in [-0.25, -0.2) is 4.98 Å². The Balaban J connectivity index is 1.43. The van der Waals surface area contributed by atoms with E-state index in [-0.39, 0.29) is 18.0 Å². The van der Waals surface area contributed by atoms with Gasteiger partial charge in [-0.2, -0.15) is 0 Å². The molecule has 5 nitrogen and oxygen atoms in total. The van der Waals surface area contributed by atoms with Crippen molar-refractivity contribution in [2.75, 3.05) is 6.54 Å². The second kappa shape index (κ2) is 7.74. The molecule has 0 saturated heterocycles. The molecule has 0 aromatic carbocycles. The van der Waals surface area contributed by atoms with E-state index in [1.54, 1.807) is 11.3 Å². The second-order valence-electron chi connectivity index (χ2n) is 7.28. The van der Waals surface area contributed by atoms with Crippen LogP contribution in [-0.2, 0) is 24.2 Å². The number of hydrogen-bond acceptors (Lipinski definition) is 4. The van der Waals surface area contributed by atoms with E-state index in [1.165, 1.54) is 46.2 Å². The minimum atomic E-state index is -0.117. The Morgan fingerprint density at radius 2 is 2.04 bits per heavy atom. The molecule has 2 aliphatic carbocycles. The fourth-order valence-electron chi connectivity index (χ4n) is 4.00. The van der Waals surface area contributed by atoms with Crippen LogP contribution in [0.5, 0.6) is 0 Å². The first-order valence-electron chi connectivity index (χ1n) is 9.66. The summed E-state index contributed by atoms with van der Waals surface area (Å²) in [5, 5.41) is 3.69. The third kappa shape index (κ3) is 3.61. The molecule has 0 unspecified atom stereocenters. The lowest BCUT2D eigenvalue weighted by Crippen LogP contribution is -2.33. The summed E-state index contributed by atoms with van der Waals surface area (Å²) >= 11 is 1.64. The van der Waals surface area contributed by atoms with E-state index in [4.69, 9.17) is 0 Å². The highest BCUT2D eigenvalue weighted by atomic mass is 32.1. The molecule has 2 aromatic heterocycles. The van der Waals surface area contributed by atoms with Crippen LogP contribution >= 0.6 is 11.3 Å². The Bertz CT molecular complexity index is 910. The van der Waals surface area contributed by atoms with Crippen molar-refractivity contribution < 1.29 is 4.79 Å². The Morgan fingerprint density at radius 1 is 1.19 bits per heavy atom. The predicted molar refractivity (Wildman–Crippen MR) is 105 cm³/mol. The molecule has 4 rings (SSSR count). The molecule has 0 spiro atoms. The van der Waals surface area contributed by atoms with Crippen molar-refractivity contribution in [2.45, 2.75) is 64.3 Å². The highest BCUT2D eigenvalue weighted by molar-refractivity contribution is 7.18. The van der Waals surface area contributed by atoms with Gasteiger partial charge >= 0.3 is 0 Å². The molecule has 0 bridgehead atoms. The lowest BCUT2D eigenvalue weighted by atomic mass is 9.97. The van der Waals surface area contributed by atoms with Crippen molar-refractivity contribution in [3.05, 3.63) is 38.8 Å². The molecule has 6 heteroatoms. The van der Waals surface area contributed by atoms with Crippen LogP contribution in [0.2, 0.25) is 0 Å². The minimum Gasteiger partial charge on any atom is -0.354 e. The summed E-state index contributed by atoms with van der Waals surface area (Å²) in [7, 11) is 0. The standard InChI is InChI=1S/C20H25N3O2S/c24-17(21-11-10-14-6-2-1-3-7-14)12-23-13-22-19-18(20(23)25)15-8-4-5-9-16(15)26-19/h6,13H,1-5,7-12H2,(H,21,24). The van der Waals surface area contributed by atoms with E-state index in [1.807, 2.05) is 0 Å². The number of thiophene rings is 1. The van der Waals surface area contributed by atoms with Crippen LogP contribution < -0.4 is 10.9 Å². The first-order valence-corrected chi connectivity index (χ1v) is 10.5. The summed E-state index contributed by atoms with van der Waals surface area (Å²) in [5.41, 5.74) is 2.55. The number of nitrogens with zero attached hydrogens (tertiary/aromatic N) is 2. The molecule has 0 radical (unpaired) electrons. The van der Waals surface area contributed by atoms with Gasteiger partial charge in [0.2, 0.25) is 5.91 Å². The molecule has 2 aliphatic rings. The monoisotopic (exact) mass is 371 g/mol. The topological polar surface area (TPSA) is 64.0 Å². The van der Waals surface area contributed by atoms with Crippen LogP contribution in [0, 0.1) is 0 Å². The van der Waals surface area contributed by atoms with Gasteiger partial charge in [0.05, 0.1) is 11.7 Å². The molecule has 0 saturated carbocycles. The normalized spacial score (nSPS) is 17.0. The first kappa shape index (κ1) is 17.5. The van der Waals surface area contributed by atoms with E-state index >= 15 is 0 Å². The average molecular weight is 372 g/mol. The fourth-order valence-corrected chi connectivity index (χ4v) is 5.22. The Kier molecular flexibility index (Phi) is 5.20. The minimum absolute atomic E-state index is 0.0471. The maximum absolute atomic E-state index is 12.9. The van der Waals surface area contributed by atoms with E-state index in [0.717, 1.165) is 48.7 Å². The summed E-state index contributed by atoms with van der Waals surface area (Å²) in [6, 6.07) is 0. The van der Waals surface area contributed by atoms with Crippen LogP contribution in [0.3, 0.4) is 0 Å². The lowest BCUT2D eigenvalue weighted by Gasteiger charge is -2.13. The Morgan fingerprint density at radius 3 is 2.88 bits per heavy atom. The molecule has 0 fully saturated rings. The summed E-state index contributed by atoms with van der Waals surface area (Å²) in [6.07, 6.45) is 13.9. The van der Waals surface area contributed by atoms with Gasteiger partial charge in [-0.15, -0.1) is 11.3 Å². The van der Waals surface area contributed by atoms with E-state index in [9.17, 15) is 9.59 Å². The molecule has 26 heavy (non-hydrogen) atoms. The molecule has 2 heterocycles. The third-order valence-corrected chi connectivity index (χ3v) is 6.61. The molecule has 2 aromatic rings. The molecule has 138 valence electrons. The van der Waals surface area contributed by atoms with Crippen molar-refractivity contribution in [1.29, 1.82) is 0 Å². The number of carbonyl (C=O) groups excluding carboxylic acids is 1. The number of rotatable bonds is 5.